The summed E-state index contributed by atoms with van der Waals surface area (Å²) in [5.74, 6) is -4.17. The molecule has 0 spiro atoms. The molecule has 19 atom stereocenters. The van der Waals surface area contributed by atoms with E-state index in [2.05, 4.69) is 0 Å². The minimum atomic E-state index is -1.84. The fourth-order valence-electron chi connectivity index (χ4n) is 9.38. The minimum Gasteiger partial charge on any atom is -0.481 e. The Morgan fingerprint density at radius 3 is 1.82 bits per heavy atom. The number of carboxylic acid groups (broad SMARTS) is 1. The number of aliphatic hydroxyl groups is 12. The summed E-state index contributed by atoms with van der Waals surface area (Å²) < 4.78 is 39.6. The third-order valence-corrected chi connectivity index (χ3v) is 12.8. The summed E-state index contributed by atoms with van der Waals surface area (Å²) in [6.45, 7) is -1.19. The van der Waals surface area contributed by atoms with E-state index < -0.39 is 148 Å². The number of esters is 2. The van der Waals surface area contributed by atoms with Gasteiger partial charge in [0.1, 0.15) is 74.6 Å². The minimum absolute atomic E-state index is 0.00997. The van der Waals surface area contributed by atoms with Crippen molar-refractivity contribution in [3.63, 3.8) is 0 Å². The van der Waals surface area contributed by atoms with Crippen molar-refractivity contribution in [3.8, 4) is 0 Å². The molecule has 21 heteroatoms. The number of rotatable bonds is 13. The van der Waals surface area contributed by atoms with Crippen molar-refractivity contribution in [2.45, 2.75) is 181 Å². The zero-order valence-electron chi connectivity index (χ0n) is 33.0. The third-order valence-electron chi connectivity index (χ3n) is 12.8. The maximum absolute atomic E-state index is 12.6. The Morgan fingerprint density at radius 1 is 0.617 bits per heavy atom. The molecule has 0 amide bonds. The van der Waals surface area contributed by atoms with Gasteiger partial charge in [-0.3, -0.25) is 9.59 Å². The Balaban J connectivity index is 1.16. The van der Waals surface area contributed by atoms with Gasteiger partial charge in [0, 0.05) is 24.8 Å². The molecule has 21 nitrogen and oxygen atoms in total. The van der Waals surface area contributed by atoms with Gasteiger partial charge in [0.05, 0.1) is 36.4 Å². The van der Waals surface area contributed by atoms with Gasteiger partial charge in [-0.15, -0.1) is 0 Å². The predicted molar refractivity (Wildman–Crippen MR) is 197 cm³/mol. The number of aliphatic hydroxyl groups excluding tert-OH is 10. The van der Waals surface area contributed by atoms with E-state index >= 15 is 0 Å². The molecule has 6 fully saturated rings. The molecule has 60 heavy (non-hydrogen) atoms. The summed E-state index contributed by atoms with van der Waals surface area (Å²) in [5.41, 5.74) is 0. The van der Waals surface area contributed by atoms with Crippen molar-refractivity contribution in [3.05, 3.63) is 12.2 Å². The molecule has 0 aromatic heterocycles. The molecule has 3 saturated heterocycles. The summed E-state index contributed by atoms with van der Waals surface area (Å²) in [5, 5.41) is 115. The van der Waals surface area contributed by atoms with Crippen LogP contribution >= 0.6 is 0 Å². The van der Waals surface area contributed by atoms with Gasteiger partial charge < -0.3 is 89.3 Å². The lowest BCUT2D eigenvalue weighted by Gasteiger charge is -2.50. The number of hydrogen-bond donors (Lipinski definition) is 11. The average molecular weight is 866 g/mol. The summed E-state index contributed by atoms with van der Waals surface area (Å²) >= 11 is 0. The summed E-state index contributed by atoms with van der Waals surface area (Å²) in [4.78, 5) is 35.4. The van der Waals surface area contributed by atoms with E-state index in [0.717, 1.165) is 0 Å². The van der Waals surface area contributed by atoms with Gasteiger partial charge in [-0.1, -0.05) is 6.08 Å². The third kappa shape index (κ3) is 11.6. The van der Waals surface area contributed by atoms with Crippen molar-refractivity contribution in [2.24, 2.45) is 17.8 Å². The molecule has 0 aromatic rings. The molecule has 0 aromatic carbocycles. The van der Waals surface area contributed by atoms with Crippen LogP contribution in [0.5, 0.6) is 0 Å². The van der Waals surface area contributed by atoms with Gasteiger partial charge in [-0.2, -0.15) is 0 Å². The summed E-state index contributed by atoms with van der Waals surface area (Å²) in [6.07, 6.45) is -17.5. The highest BCUT2D eigenvalue weighted by Crippen LogP contribution is 2.44. The normalized spacial score (nSPS) is 46.3. The van der Waals surface area contributed by atoms with E-state index in [4.69, 9.17) is 38.3 Å². The zero-order valence-corrected chi connectivity index (χ0v) is 33.0. The molecule has 3 aliphatic carbocycles. The van der Waals surface area contributed by atoms with Gasteiger partial charge >= 0.3 is 17.9 Å². The Hall–Kier alpha value is -2.45. The van der Waals surface area contributed by atoms with E-state index in [9.17, 15) is 65.4 Å². The number of fused-ring (bicyclic) bond motifs is 1. The van der Waals surface area contributed by atoms with Gasteiger partial charge in [0.25, 0.3) is 0 Å². The number of carbonyl (C=O) groups is 3. The second-order valence-electron chi connectivity index (χ2n) is 17.1. The zero-order chi connectivity index (χ0) is 43.4. The van der Waals surface area contributed by atoms with Crippen molar-refractivity contribution >= 4 is 17.9 Å². The van der Waals surface area contributed by atoms with Crippen molar-refractivity contribution in [2.75, 3.05) is 13.2 Å². The number of ether oxygens (including phenoxy) is 7. The predicted octanol–water partition coefficient (Wildman–Crippen LogP) is -4.00. The standard InChI is InChI=1S/C39H60O21/c40-18-5-1-16(2-6-18)3-8-29(46)54-14-26-31(48)34(51)36(53)39(60-26)58-25-12-20-23(56-37(25)17-4-7-21(42)22(43)9-17)10-19(41)11-24(20)57-38-35(52)33(50)32(49)27(59-38)15-55-30(47)13-28(44)45/h3,8,16-27,31-43,48-53H,1-2,4-7,9-15H2,(H,44,45)/p+1/t16?,17?,18?,19?,20?,21?,22?,23?,24?,25?,26-,27+,31+,32+,33+,34+,35-,36-,37?,38-,39+/m1/s1. The number of aliphatic carboxylic acids is 1. The van der Waals surface area contributed by atoms with E-state index in [1.54, 1.807) is 6.08 Å². The van der Waals surface area contributed by atoms with Crippen LogP contribution in [-0.4, -0.2) is 202 Å². The molecule has 3 aliphatic heterocycles. The fourth-order valence-corrected chi connectivity index (χ4v) is 9.38. The van der Waals surface area contributed by atoms with Crippen LogP contribution in [0.15, 0.2) is 12.2 Å². The highest BCUT2D eigenvalue weighted by Gasteiger charge is 2.57. The van der Waals surface area contributed by atoms with Crippen molar-refractivity contribution < 1.29 is 104 Å². The molecule has 3 saturated carbocycles. The summed E-state index contributed by atoms with van der Waals surface area (Å²) in [6, 6.07) is 0. The molecule has 342 valence electrons. The average Bonchev–Trinajstić information content (AvgIpc) is 3.20. The lowest BCUT2D eigenvalue weighted by molar-refractivity contribution is -0.367. The van der Waals surface area contributed by atoms with Crippen LogP contribution in [0.1, 0.15) is 70.6 Å². The van der Waals surface area contributed by atoms with E-state index in [1.807, 2.05) is 0 Å². The van der Waals surface area contributed by atoms with Crippen LogP contribution in [0.4, 0.5) is 0 Å². The number of allylic oxidation sites excluding steroid dienone is 1. The Labute approximate surface area is 345 Å². The van der Waals surface area contributed by atoms with E-state index in [-0.39, 0.29) is 50.0 Å². The molecule has 3 heterocycles. The molecule has 6 aliphatic rings. The van der Waals surface area contributed by atoms with Crippen molar-refractivity contribution in [1.29, 1.82) is 0 Å². The number of carboxylic acids is 1. The molecular formula is C39H61O21+. The molecule has 0 bridgehead atoms. The molecule has 0 radical (unpaired) electrons. The second-order valence-corrected chi connectivity index (χ2v) is 17.1. The first-order valence-corrected chi connectivity index (χ1v) is 20.8. The Morgan fingerprint density at radius 2 is 1.22 bits per heavy atom. The topological polar surface area (TPSA) is 342 Å². The second kappa shape index (κ2) is 20.8. The first-order valence-electron chi connectivity index (χ1n) is 20.8. The highest BCUT2D eigenvalue weighted by molar-refractivity contribution is 5.90. The quantitative estimate of drug-likeness (QED) is 0.0364. The maximum Gasteiger partial charge on any atom is 0.330 e. The first kappa shape index (κ1) is 47.0. The SMILES string of the molecule is O=C(O)CC(=O)OC[C@@H]1O[C@@H](OC2CC(O)CC3[OH+]C(C4CCC(O)C(O)C4)C(O[C@H]4O[C@H](COC(=O)C=CC5CCC(O)CC5)[C@H](O)[C@H](O)[C@H]4O)CC23)[C@H](O)[C@@H](O)[C@H]1O. The monoisotopic (exact) mass is 865 g/mol. The maximum atomic E-state index is 12.6. The molecule has 9 unspecified atom stereocenters. The number of carbonyl (C=O) groups excluding carboxylic acids is 2. The van der Waals surface area contributed by atoms with Gasteiger partial charge in [0.15, 0.2) is 24.8 Å². The van der Waals surface area contributed by atoms with Crippen LogP contribution < -0.4 is 0 Å². The molecule has 12 N–H and O–H groups in total. The lowest BCUT2D eigenvalue weighted by atomic mass is 9.72. The van der Waals surface area contributed by atoms with Crippen molar-refractivity contribution in [1.82, 2.24) is 0 Å². The first-order chi connectivity index (χ1) is 28.5. The van der Waals surface area contributed by atoms with Crippen LogP contribution in [-0.2, 0) is 42.8 Å². The van der Waals surface area contributed by atoms with Crippen LogP contribution in [0.2, 0.25) is 0 Å². The lowest BCUT2D eigenvalue weighted by Crippen LogP contribution is -2.64. The molecular weight excluding hydrogens is 804 g/mol. The Kier molecular flexibility index (Phi) is 16.3. The highest BCUT2D eigenvalue weighted by atomic mass is 16.7. The fraction of sp³-hybridized carbons (Fsp3) is 0.872. The smallest absolute Gasteiger partial charge is 0.330 e. The van der Waals surface area contributed by atoms with Gasteiger partial charge in [-0.25, -0.2) is 4.79 Å². The van der Waals surface area contributed by atoms with Gasteiger partial charge in [-0.05, 0) is 57.3 Å². The van der Waals surface area contributed by atoms with Crippen LogP contribution in [0.25, 0.3) is 0 Å². The Bertz CT molecular complexity index is 1460. The van der Waals surface area contributed by atoms with Gasteiger partial charge in [0.2, 0.25) is 0 Å². The largest absolute Gasteiger partial charge is 0.481 e. The van der Waals surface area contributed by atoms with E-state index in [0.29, 0.717) is 32.1 Å². The van der Waals surface area contributed by atoms with Crippen LogP contribution in [0, 0.1) is 17.8 Å². The van der Waals surface area contributed by atoms with Crippen LogP contribution in [0.3, 0.4) is 0 Å². The molecule has 6 rings (SSSR count). The number of hydrogen-bond acceptors (Lipinski definition) is 19. The van der Waals surface area contributed by atoms with E-state index in [1.165, 1.54) is 6.08 Å². The summed E-state index contributed by atoms with van der Waals surface area (Å²) in [7, 11) is 0.